The van der Waals surface area contributed by atoms with Crippen molar-refractivity contribution in [2.45, 2.75) is 38.3 Å². The number of carbonyl (C=O) groups is 2. The minimum atomic E-state index is -0.270. The molecule has 1 saturated heterocycles. The first-order chi connectivity index (χ1) is 19.0. The van der Waals surface area contributed by atoms with Gasteiger partial charge in [-0.05, 0) is 61.6 Å². The maximum atomic E-state index is 13.7. The van der Waals surface area contributed by atoms with Crippen LogP contribution in [0.5, 0.6) is 0 Å². The third-order valence-electron chi connectivity index (χ3n) is 8.22. The molecule has 1 atom stereocenters. The Hall–Kier alpha value is -3.62. The van der Waals surface area contributed by atoms with E-state index >= 15 is 0 Å². The highest BCUT2D eigenvalue weighted by Gasteiger charge is 2.39. The van der Waals surface area contributed by atoms with Crippen LogP contribution in [0.3, 0.4) is 0 Å². The molecule has 0 bridgehead atoms. The number of aliphatic hydroxyl groups excluding tert-OH is 1. The van der Waals surface area contributed by atoms with Gasteiger partial charge in [0.15, 0.2) is 0 Å². The predicted molar refractivity (Wildman–Crippen MR) is 149 cm³/mol. The molecule has 0 radical (unpaired) electrons. The normalized spacial score (nSPS) is 19.3. The Bertz CT molecular complexity index is 1370. The van der Waals surface area contributed by atoms with E-state index in [1.54, 1.807) is 6.20 Å². The molecule has 6 rings (SSSR count). The number of nitrogens with zero attached hydrogens (tertiary/aromatic N) is 5. The Morgan fingerprint density at radius 2 is 1.77 bits per heavy atom. The van der Waals surface area contributed by atoms with Gasteiger partial charge in [-0.15, -0.1) is 0 Å². The number of hydrogen-bond donors (Lipinski definition) is 1. The van der Waals surface area contributed by atoms with Gasteiger partial charge in [0.2, 0.25) is 5.91 Å². The van der Waals surface area contributed by atoms with Crippen molar-refractivity contribution in [3.63, 3.8) is 0 Å². The molecule has 1 N–H and O–H groups in total. The third kappa shape index (κ3) is 5.31. The Morgan fingerprint density at radius 3 is 2.49 bits per heavy atom. The minimum absolute atomic E-state index is 0.0333. The van der Waals surface area contributed by atoms with Crippen LogP contribution in [0.2, 0.25) is 0 Å². The molecule has 1 aromatic carbocycles. The molecule has 2 aliphatic heterocycles. The fourth-order valence-corrected chi connectivity index (χ4v) is 5.81. The minimum Gasteiger partial charge on any atom is -0.396 e. The Kier molecular flexibility index (Phi) is 7.14. The number of hydrogen-bond acceptors (Lipinski definition) is 6. The summed E-state index contributed by atoms with van der Waals surface area (Å²) < 4.78 is 0. The summed E-state index contributed by atoms with van der Waals surface area (Å²) in [6, 6.07) is 13.7. The van der Waals surface area contributed by atoms with Crippen molar-refractivity contribution >= 4 is 11.8 Å². The van der Waals surface area contributed by atoms with Gasteiger partial charge >= 0.3 is 0 Å². The van der Waals surface area contributed by atoms with Crippen LogP contribution < -0.4 is 0 Å². The van der Waals surface area contributed by atoms with Crippen LogP contribution in [0, 0.1) is 5.92 Å². The van der Waals surface area contributed by atoms with E-state index in [4.69, 9.17) is 4.98 Å². The van der Waals surface area contributed by atoms with Gasteiger partial charge in [0.25, 0.3) is 5.91 Å². The lowest BCUT2D eigenvalue weighted by Gasteiger charge is -2.32. The molecule has 1 saturated carbocycles. The maximum absolute atomic E-state index is 13.7. The van der Waals surface area contributed by atoms with Crippen LogP contribution in [0.1, 0.15) is 53.3 Å². The SMILES string of the molecule is CN1CCN(C(=O)c2cc3c(c(-c4cccc(-c5cccnc5)c4)n2)[C@H](CCO)N(C(=O)CC2CC2)C3)CC1. The average Bonchev–Trinajstić information content (AvgIpc) is 3.71. The molecule has 4 heterocycles. The molecule has 0 spiro atoms. The van der Waals surface area contributed by atoms with Gasteiger partial charge in [-0.2, -0.15) is 0 Å². The number of benzene rings is 1. The summed E-state index contributed by atoms with van der Waals surface area (Å²) >= 11 is 0. The average molecular weight is 526 g/mol. The molecule has 0 unspecified atom stereocenters. The van der Waals surface area contributed by atoms with Crippen LogP contribution in [0.15, 0.2) is 54.9 Å². The molecule has 1 aliphatic carbocycles. The summed E-state index contributed by atoms with van der Waals surface area (Å²) in [5, 5.41) is 10.0. The number of fused-ring (bicyclic) bond motifs is 1. The quantitative estimate of drug-likeness (QED) is 0.505. The number of rotatable bonds is 7. The monoisotopic (exact) mass is 525 g/mol. The fraction of sp³-hybridized carbons (Fsp3) is 0.419. The molecule has 3 aromatic rings. The van der Waals surface area contributed by atoms with Gasteiger partial charge in [-0.25, -0.2) is 4.98 Å². The molecule has 3 aliphatic rings. The van der Waals surface area contributed by atoms with Gasteiger partial charge < -0.3 is 19.8 Å². The van der Waals surface area contributed by atoms with Crippen molar-refractivity contribution < 1.29 is 14.7 Å². The number of amides is 2. The third-order valence-corrected chi connectivity index (χ3v) is 8.22. The molecule has 8 nitrogen and oxygen atoms in total. The fourth-order valence-electron chi connectivity index (χ4n) is 5.81. The standard InChI is InChI=1S/C31H35N5O3/c1-34-11-13-35(14-12-34)31(39)26-18-25-20-36(28(38)16-21-7-8-21)27(9-15-37)29(25)30(33-26)23-5-2-4-22(17-23)24-6-3-10-32-19-24/h2-6,10,17-19,21,27,37H,7-9,11-16,20H2,1H3/t27-/m0/s1. The molecule has 2 amide bonds. The molecule has 2 fully saturated rings. The van der Waals surface area contributed by atoms with E-state index < -0.39 is 0 Å². The lowest BCUT2D eigenvalue weighted by Crippen LogP contribution is -2.47. The second-order valence-corrected chi connectivity index (χ2v) is 11.0. The van der Waals surface area contributed by atoms with Crippen molar-refractivity contribution in [1.82, 2.24) is 24.7 Å². The van der Waals surface area contributed by atoms with Crippen molar-refractivity contribution in [2.75, 3.05) is 39.8 Å². The van der Waals surface area contributed by atoms with Crippen molar-refractivity contribution in [3.05, 3.63) is 71.7 Å². The van der Waals surface area contributed by atoms with Crippen LogP contribution in [0.4, 0.5) is 0 Å². The van der Waals surface area contributed by atoms with E-state index in [1.807, 2.05) is 52.4 Å². The Labute approximate surface area is 229 Å². The second-order valence-electron chi connectivity index (χ2n) is 11.0. The summed E-state index contributed by atoms with van der Waals surface area (Å²) in [7, 11) is 2.07. The second kappa shape index (κ2) is 10.9. The number of carbonyl (C=O) groups excluding carboxylic acids is 2. The van der Waals surface area contributed by atoms with Crippen molar-refractivity contribution in [1.29, 1.82) is 0 Å². The zero-order chi connectivity index (χ0) is 26.9. The van der Waals surface area contributed by atoms with Crippen LogP contribution in [0.25, 0.3) is 22.4 Å². The highest BCUT2D eigenvalue weighted by atomic mass is 16.3. The molecule has 202 valence electrons. The highest BCUT2D eigenvalue weighted by molar-refractivity contribution is 5.94. The number of piperazine rings is 1. The zero-order valence-corrected chi connectivity index (χ0v) is 22.4. The summed E-state index contributed by atoms with van der Waals surface area (Å²) in [6.07, 6.45) is 6.77. The molecular formula is C31H35N5O3. The van der Waals surface area contributed by atoms with Gasteiger partial charge in [-0.3, -0.25) is 14.6 Å². The highest BCUT2D eigenvalue weighted by Crippen LogP contribution is 2.44. The molecule has 8 heteroatoms. The van der Waals surface area contributed by atoms with Crippen molar-refractivity contribution in [3.8, 4) is 22.4 Å². The van der Waals surface area contributed by atoms with Gasteiger partial charge in [0.1, 0.15) is 5.69 Å². The summed E-state index contributed by atoms with van der Waals surface area (Å²) in [6.45, 7) is 3.40. The Balaban J connectivity index is 1.44. The largest absolute Gasteiger partial charge is 0.396 e. The van der Waals surface area contributed by atoms with Gasteiger partial charge in [-0.1, -0.05) is 24.3 Å². The van der Waals surface area contributed by atoms with Crippen LogP contribution in [-0.2, 0) is 11.3 Å². The first kappa shape index (κ1) is 25.6. The van der Waals surface area contributed by atoms with Crippen LogP contribution >= 0.6 is 0 Å². The van der Waals surface area contributed by atoms with Gasteiger partial charge in [0.05, 0.1) is 11.7 Å². The molecule has 39 heavy (non-hydrogen) atoms. The van der Waals surface area contributed by atoms with E-state index in [1.165, 1.54) is 0 Å². The zero-order valence-electron chi connectivity index (χ0n) is 22.4. The van der Waals surface area contributed by atoms with E-state index in [2.05, 4.69) is 23.0 Å². The number of aromatic nitrogens is 2. The van der Waals surface area contributed by atoms with E-state index in [9.17, 15) is 14.7 Å². The molecular weight excluding hydrogens is 490 g/mol. The Morgan fingerprint density at radius 1 is 1.00 bits per heavy atom. The van der Waals surface area contributed by atoms with Crippen LogP contribution in [-0.4, -0.2) is 81.4 Å². The predicted octanol–water partition coefficient (Wildman–Crippen LogP) is 3.76. The smallest absolute Gasteiger partial charge is 0.272 e. The lowest BCUT2D eigenvalue weighted by molar-refractivity contribution is -0.134. The molecule has 2 aromatic heterocycles. The van der Waals surface area contributed by atoms with E-state index in [0.29, 0.717) is 44.1 Å². The summed E-state index contributed by atoms with van der Waals surface area (Å²) in [4.78, 5) is 42.3. The summed E-state index contributed by atoms with van der Waals surface area (Å²) in [5.74, 6) is 0.519. The number of aliphatic hydroxyl groups is 1. The van der Waals surface area contributed by atoms with Crippen molar-refractivity contribution in [2.24, 2.45) is 5.92 Å². The summed E-state index contributed by atoms with van der Waals surface area (Å²) in [5.41, 5.74) is 5.92. The van der Waals surface area contributed by atoms with E-state index in [-0.39, 0.29) is 24.5 Å². The maximum Gasteiger partial charge on any atom is 0.272 e. The number of pyridine rings is 2. The topological polar surface area (TPSA) is 89.9 Å². The first-order valence-electron chi connectivity index (χ1n) is 13.9. The first-order valence-corrected chi connectivity index (χ1v) is 13.9. The van der Waals surface area contributed by atoms with E-state index in [0.717, 1.165) is 59.4 Å². The number of likely N-dealkylation sites (N-methyl/N-ethyl adjacent to an activating group) is 1. The lowest BCUT2D eigenvalue weighted by atomic mass is 9.94. The van der Waals surface area contributed by atoms with Gasteiger partial charge in [0, 0.05) is 74.8 Å².